The van der Waals surface area contributed by atoms with Gasteiger partial charge < -0.3 is 9.47 Å². The minimum absolute atomic E-state index is 0.00806. The standard InChI is InChI=1S/C13H22O2/c1-10-9-13(2,3)15-12(14-10)11-7-5-4-6-8-11/h4-5,10-12H,6-9H2,1-3H3/t10-,11+,12-/m0/s1. The first-order valence-electron chi connectivity index (χ1n) is 6.05. The summed E-state index contributed by atoms with van der Waals surface area (Å²) in [6.07, 6.45) is 9.31. The van der Waals surface area contributed by atoms with Crippen LogP contribution in [0.3, 0.4) is 0 Å². The van der Waals surface area contributed by atoms with Crippen LogP contribution in [0, 0.1) is 5.92 Å². The number of ether oxygens (including phenoxy) is 2. The topological polar surface area (TPSA) is 18.5 Å². The van der Waals surface area contributed by atoms with Crippen LogP contribution < -0.4 is 0 Å². The van der Waals surface area contributed by atoms with Gasteiger partial charge in [-0.2, -0.15) is 0 Å². The van der Waals surface area contributed by atoms with Crippen LogP contribution in [0.5, 0.6) is 0 Å². The van der Waals surface area contributed by atoms with Gasteiger partial charge in [-0.05, 0) is 40.0 Å². The summed E-state index contributed by atoms with van der Waals surface area (Å²) in [5, 5.41) is 0. The molecule has 2 rings (SSSR count). The van der Waals surface area contributed by atoms with Gasteiger partial charge in [-0.15, -0.1) is 0 Å². The summed E-state index contributed by atoms with van der Waals surface area (Å²) in [5.41, 5.74) is -0.0243. The van der Waals surface area contributed by atoms with Crippen molar-refractivity contribution in [1.29, 1.82) is 0 Å². The highest BCUT2D eigenvalue weighted by Gasteiger charge is 2.37. The van der Waals surface area contributed by atoms with Crippen molar-refractivity contribution in [3.8, 4) is 0 Å². The summed E-state index contributed by atoms with van der Waals surface area (Å²) in [7, 11) is 0. The lowest BCUT2D eigenvalue weighted by Gasteiger charge is -2.42. The van der Waals surface area contributed by atoms with Crippen molar-refractivity contribution in [3.05, 3.63) is 12.2 Å². The third-order valence-corrected chi connectivity index (χ3v) is 3.28. The highest BCUT2D eigenvalue weighted by atomic mass is 16.7. The van der Waals surface area contributed by atoms with Crippen molar-refractivity contribution in [1.82, 2.24) is 0 Å². The van der Waals surface area contributed by atoms with Gasteiger partial charge in [0, 0.05) is 12.3 Å². The molecule has 3 atom stereocenters. The maximum absolute atomic E-state index is 6.03. The van der Waals surface area contributed by atoms with E-state index in [0.29, 0.717) is 12.0 Å². The molecule has 0 bridgehead atoms. The average Bonchev–Trinajstić information content (AvgIpc) is 2.16. The van der Waals surface area contributed by atoms with Gasteiger partial charge in [-0.1, -0.05) is 12.2 Å². The molecule has 0 saturated carbocycles. The van der Waals surface area contributed by atoms with Gasteiger partial charge in [-0.25, -0.2) is 0 Å². The van der Waals surface area contributed by atoms with E-state index in [2.05, 4.69) is 32.9 Å². The van der Waals surface area contributed by atoms with E-state index in [0.717, 1.165) is 12.8 Å². The molecule has 0 radical (unpaired) electrons. The van der Waals surface area contributed by atoms with E-state index in [1.165, 1.54) is 12.8 Å². The lowest BCUT2D eigenvalue weighted by Crippen LogP contribution is -2.46. The normalized spacial score (nSPS) is 40.3. The molecule has 0 spiro atoms. The van der Waals surface area contributed by atoms with Gasteiger partial charge in [0.2, 0.25) is 0 Å². The van der Waals surface area contributed by atoms with E-state index in [-0.39, 0.29) is 11.9 Å². The molecule has 1 saturated heterocycles. The fourth-order valence-electron chi connectivity index (χ4n) is 2.63. The van der Waals surface area contributed by atoms with Crippen LogP contribution in [0.2, 0.25) is 0 Å². The second-order valence-electron chi connectivity index (χ2n) is 5.44. The molecule has 2 heteroatoms. The summed E-state index contributed by atoms with van der Waals surface area (Å²) in [4.78, 5) is 0. The Labute approximate surface area is 92.6 Å². The Morgan fingerprint density at radius 2 is 2.07 bits per heavy atom. The fourth-order valence-corrected chi connectivity index (χ4v) is 2.63. The first-order chi connectivity index (χ1) is 7.07. The lowest BCUT2D eigenvalue weighted by molar-refractivity contribution is -0.287. The zero-order valence-electron chi connectivity index (χ0n) is 10.0. The number of hydrogen-bond donors (Lipinski definition) is 0. The second kappa shape index (κ2) is 4.26. The maximum atomic E-state index is 6.03. The van der Waals surface area contributed by atoms with E-state index in [1.807, 2.05) is 0 Å². The predicted octanol–water partition coefficient (Wildman–Crippen LogP) is 3.27. The van der Waals surface area contributed by atoms with E-state index in [9.17, 15) is 0 Å². The summed E-state index contributed by atoms with van der Waals surface area (Å²) in [6.45, 7) is 6.48. The summed E-state index contributed by atoms with van der Waals surface area (Å²) >= 11 is 0. The first-order valence-corrected chi connectivity index (χ1v) is 6.05. The Balaban J connectivity index is 1.99. The highest BCUT2D eigenvalue weighted by molar-refractivity contribution is 4.92. The van der Waals surface area contributed by atoms with Gasteiger partial charge in [0.25, 0.3) is 0 Å². The van der Waals surface area contributed by atoms with Gasteiger partial charge in [0.15, 0.2) is 6.29 Å². The molecule has 15 heavy (non-hydrogen) atoms. The number of rotatable bonds is 1. The Morgan fingerprint density at radius 1 is 1.27 bits per heavy atom. The van der Waals surface area contributed by atoms with Crippen LogP contribution in [0.4, 0.5) is 0 Å². The van der Waals surface area contributed by atoms with Gasteiger partial charge in [-0.3, -0.25) is 0 Å². The molecule has 86 valence electrons. The average molecular weight is 210 g/mol. The molecule has 0 aromatic heterocycles. The summed E-state index contributed by atoms with van der Waals surface area (Å²) in [5.74, 6) is 0.553. The van der Waals surface area contributed by atoms with E-state index < -0.39 is 0 Å². The van der Waals surface area contributed by atoms with Gasteiger partial charge in [0.05, 0.1) is 11.7 Å². The summed E-state index contributed by atoms with van der Waals surface area (Å²) < 4.78 is 11.9. The number of allylic oxidation sites excluding steroid dienone is 2. The van der Waals surface area contributed by atoms with Crippen molar-refractivity contribution in [2.45, 2.75) is 64.4 Å². The summed E-state index contributed by atoms with van der Waals surface area (Å²) in [6, 6.07) is 0. The van der Waals surface area contributed by atoms with Gasteiger partial charge >= 0.3 is 0 Å². The monoisotopic (exact) mass is 210 g/mol. The SMILES string of the molecule is C[C@H]1CC(C)(C)O[C@@H]([C@@H]2CC=CCC2)O1. The molecule has 1 fully saturated rings. The number of hydrogen-bond acceptors (Lipinski definition) is 2. The van der Waals surface area contributed by atoms with Crippen LogP contribution >= 0.6 is 0 Å². The largest absolute Gasteiger partial charge is 0.349 e. The minimum atomic E-state index is -0.0243. The fraction of sp³-hybridized carbons (Fsp3) is 0.846. The van der Waals surface area contributed by atoms with Crippen molar-refractivity contribution >= 4 is 0 Å². The quantitative estimate of drug-likeness (QED) is 0.618. The van der Waals surface area contributed by atoms with Crippen LogP contribution in [-0.2, 0) is 9.47 Å². The molecule has 2 aliphatic rings. The molecular formula is C13H22O2. The third kappa shape index (κ3) is 2.82. The zero-order valence-corrected chi connectivity index (χ0v) is 10.0. The maximum Gasteiger partial charge on any atom is 0.161 e. The molecule has 0 aromatic carbocycles. The van der Waals surface area contributed by atoms with Crippen molar-refractivity contribution in [2.24, 2.45) is 5.92 Å². The lowest BCUT2D eigenvalue weighted by atomic mass is 9.91. The van der Waals surface area contributed by atoms with Crippen molar-refractivity contribution in [2.75, 3.05) is 0 Å². The minimum Gasteiger partial charge on any atom is -0.349 e. The molecule has 0 aromatic rings. The van der Waals surface area contributed by atoms with Crippen molar-refractivity contribution < 1.29 is 9.47 Å². The molecule has 0 N–H and O–H groups in total. The van der Waals surface area contributed by atoms with Crippen molar-refractivity contribution in [3.63, 3.8) is 0 Å². The van der Waals surface area contributed by atoms with Gasteiger partial charge in [0.1, 0.15) is 0 Å². The Morgan fingerprint density at radius 3 is 2.67 bits per heavy atom. The van der Waals surface area contributed by atoms with Crippen LogP contribution in [0.15, 0.2) is 12.2 Å². The predicted molar refractivity (Wildman–Crippen MR) is 60.6 cm³/mol. The molecule has 1 aliphatic carbocycles. The van der Waals surface area contributed by atoms with E-state index in [1.54, 1.807) is 0 Å². The van der Waals surface area contributed by atoms with Crippen LogP contribution in [-0.4, -0.2) is 18.0 Å². The Bertz CT molecular complexity index is 245. The first kappa shape index (κ1) is 11.2. The molecule has 2 nitrogen and oxygen atoms in total. The smallest absolute Gasteiger partial charge is 0.161 e. The Hall–Kier alpha value is -0.340. The zero-order chi connectivity index (χ0) is 10.9. The molecular weight excluding hydrogens is 188 g/mol. The molecule has 1 heterocycles. The van der Waals surface area contributed by atoms with E-state index >= 15 is 0 Å². The second-order valence-corrected chi connectivity index (χ2v) is 5.44. The van der Waals surface area contributed by atoms with Crippen LogP contribution in [0.1, 0.15) is 46.5 Å². The third-order valence-electron chi connectivity index (χ3n) is 3.28. The van der Waals surface area contributed by atoms with Crippen LogP contribution in [0.25, 0.3) is 0 Å². The highest BCUT2D eigenvalue weighted by Crippen LogP contribution is 2.34. The molecule has 0 amide bonds. The molecule has 1 aliphatic heterocycles. The molecule has 0 unspecified atom stereocenters. The van der Waals surface area contributed by atoms with E-state index in [4.69, 9.17) is 9.47 Å². The Kier molecular flexibility index (Phi) is 3.17.